The van der Waals surface area contributed by atoms with Gasteiger partial charge in [-0.25, -0.2) is 0 Å². The molecule has 1 amide bonds. The van der Waals surface area contributed by atoms with Crippen LogP contribution < -0.4 is 0 Å². The van der Waals surface area contributed by atoms with Gasteiger partial charge < -0.3 is 14.4 Å². The van der Waals surface area contributed by atoms with Gasteiger partial charge in [-0.3, -0.25) is 9.69 Å². The number of carbonyl (C=O) groups excluding carboxylic acids is 1. The molecule has 0 N–H and O–H groups in total. The summed E-state index contributed by atoms with van der Waals surface area (Å²) in [6, 6.07) is 0.323. The van der Waals surface area contributed by atoms with Crippen LogP contribution in [0.3, 0.4) is 0 Å². The lowest BCUT2D eigenvalue weighted by Gasteiger charge is -2.38. The number of carbonyl (C=O) groups is 1. The largest absolute Gasteiger partial charge is 0.376 e. The fraction of sp³-hybridized carbons (Fsp3) is 0.923. The first-order valence-corrected chi connectivity index (χ1v) is 6.81. The predicted molar refractivity (Wildman–Crippen MR) is 68.4 cm³/mol. The molecule has 104 valence electrons. The molecule has 0 spiro atoms. The lowest BCUT2D eigenvalue weighted by Crippen LogP contribution is -2.53. The van der Waals surface area contributed by atoms with Crippen LogP contribution in [-0.2, 0) is 14.3 Å². The van der Waals surface area contributed by atoms with Gasteiger partial charge in [0.25, 0.3) is 0 Å². The smallest absolute Gasteiger partial charge is 0.236 e. The van der Waals surface area contributed by atoms with Crippen LogP contribution in [0.4, 0.5) is 0 Å². The topological polar surface area (TPSA) is 42.0 Å². The van der Waals surface area contributed by atoms with Crippen LogP contribution >= 0.6 is 0 Å². The average molecular weight is 256 g/mol. The average Bonchev–Trinajstić information content (AvgIpc) is 2.34. The highest BCUT2D eigenvalue weighted by Crippen LogP contribution is 2.12. The van der Waals surface area contributed by atoms with Crippen molar-refractivity contribution in [2.24, 2.45) is 0 Å². The summed E-state index contributed by atoms with van der Waals surface area (Å²) in [6.45, 7) is 10.3. The van der Waals surface area contributed by atoms with Crippen molar-refractivity contribution in [3.05, 3.63) is 0 Å². The lowest BCUT2D eigenvalue weighted by atomic mass is 10.2. The van der Waals surface area contributed by atoms with Crippen molar-refractivity contribution in [3.8, 4) is 0 Å². The third kappa shape index (κ3) is 3.43. The van der Waals surface area contributed by atoms with Crippen molar-refractivity contribution >= 4 is 5.91 Å². The van der Waals surface area contributed by atoms with E-state index in [2.05, 4.69) is 18.7 Å². The SMILES string of the molecule is C[C@@H]1CN(C(=O)CN2C[C@H](C)OC[C@@H]2C)CCO1. The minimum Gasteiger partial charge on any atom is -0.376 e. The van der Waals surface area contributed by atoms with Crippen LogP contribution in [0.15, 0.2) is 0 Å². The molecule has 2 saturated heterocycles. The molecule has 2 aliphatic heterocycles. The molecule has 5 nitrogen and oxygen atoms in total. The summed E-state index contributed by atoms with van der Waals surface area (Å²) in [7, 11) is 0. The molecule has 0 unspecified atom stereocenters. The first kappa shape index (κ1) is 13.8. The third-order valence-corrected chi connectivity index (χ3v) is 3.67. The molecule has 2 aliphatic rings. The second kappa shape index (κ2) is 5.99. The van der Waals surface area contributed by atoms with Crippen molar-refractivity contribution < 1.29 is 14.3 Å². The zero-order chi connectivity index (χ0) is 13.1. The number of nitrogens with zero attached hydrogens (tertiary/aromatic N) is 2. The summed E-state index contributed by atoms with van der Waals surface area (Å²) in [5.74, 6) is 0.214. The zero-order valence-corrected chi connectivity index (χ0v) is 11.6. The van der Waals surface area contributed by atoms with Gasteiger partial charge in [0.2, 0.25) is 5.91 Å². The molecule has 2 heterocycles. The number of ether oxygens (including phenoxy) is 2. The predicted octanol–water partition coefficient (Wildman–Crippen LogP) is 0.343. The normalized spacial score (nSPS) is 34.6. The van der Waals surface area contributed by atoms with Gasteiger partial charge in [0, 0.05) is 25.7 Å². The van der Waals surface area contributed by atoms with Crippen LogP contribution in [0.5, 0.6) is 0 Å². The molecule has 2 rings (SSSR count). The molecule has 0 aromatic carbocycles. The third-order valence-electron chi connectivity index (χ3n) is 3.67. The maximum Gasteiger partial charge on any atom is 0.236 e. The standard InChI is InChI=1S/C13H24N2O3/c1-10-9-18-12(3)7-15(10)8-13(16)14-4-5-17-11(2)6-14/h10-12H,4-9H2,1-3H3/t10-,11+,12-/m0/s1. The quantitative estimate of drug-likeness (QED) is 0.714. The van der Waals surface area contributed by atoms with Gasteiger partial charge in [-0.05, 0) is 20.8 Å². The zero-order valence-electron chi connectivity index (χ0n) is 11.6. The Bertz CT molecular complexity index is 298. The maximum atomic E-state index is 12.3. The van der Waals surface area contributed by atoms with Crippen molar-refractivity contribution in [1.82, 2.24) is 9.80 Å². The van der Waals surface area contributed by atoms with Gasteiger partial charge >= 0.3 is 0 Å². The van der Waals surface area contributed by atoms with E-state index in [4.69, 9.17) is 9.47 Å². The van der Waals surface area contributed by atoms with Crippen LogP contribution in [0.1, 0.15) is 20.8 Å². The molecular weight excluding hydrogens is 232 g/mol. The van der Waals surface area contributed by atoms with Gasteiger partial charge in [0.15, 0.2) is 0 Å². The Hall–Kier alpha value is -0.650. The molecule has 0 aromatic heterocycles. The molecule has 0 aliphatic carbocycles. The van der Waals surface area contributed by atoms with Crippen molar-refractivity contribution in [3.63, 3.8) is 0 Å². The van der Waals surface area contributed by atoms with Crippen LogP contribution in [-0.4, -0.2) is 73.3 Å². The van der Waals surface area contributed by atoms with E-state index in [1.807, 2.05) is 11.8 Å². The summed E-state index contributed by atoms with van der Waals surface area (Å²) in [5, 5.41) is 0. The first-order valence-electron chi connectivity index (χ1n) is 6.81. The Kier molecular flexibility index (Phi) is 4.59. The van der Waals surface area contributed by atoms with E-state index < -0.39 is 0 Å². The number of hydrogen-bond acceptors (Lipinski definition) is 4. The van der Waals surface area contributed by atoms with E-state index in [1.54, 1.807) is 0 Å². The van der Waals surface area contributed by atoms with E-state index >= 15 is 0 Å². The molecule has 2 fully saturated rings. The first-order chi connectivity index (χ1) is 8.56. The molecule has 3 atom stereocenters. The Morgan fingerprint density at radius 1 is 1.17 bits per heavy atom. The highest BCUT2D eigenvalue weighted by Gasteiger charge is 2.28. The Morgan fingerprint density at radius 2 is 1.89 bits per heavy atom. The second-order valence-electron chi connectivity index (χ2n) is 5.44. The summed E-state index contributed by atoms with van der Waals surface area (Å²) in [6.07, 6.45) is 0.376. The Morgan fingerprint density at radius 3 is 2.61 bits per heavy atom. The summed E-state index contributed by atoms with van der Waals surface area (Å²) >= 11 is 0. The minimum absolute atomic E-state index is 0.156. The van der Waals surface area contributed by atoms with Gasteiger partial charge in [-0.2, -0.15) is 0 Å². The summed E-state index contributed by atoms with van der Waals surface area (Å²) in [4.78, 5) is 16.4. The molecule has 5 heteroatoms. The molecule has 0 radical (unpaired) electrons. The van der Waals surface area contributed by atoms with E-state index in [9.17, 15) is 4.79 Å². The van der Waals surface area contributed by atoms with Crippen molar-refractivity contribution in [2.75, 3.05) is 39.4 Å². The molecule has 0 aromatic rings. The minimum atomic E-state index is 0.156. The van der Waals surface area contributed by atoms with E-state index in [-0.39, 0.29) is 18.1 Å². The number of rotatable bonds is 2. The monoisotopic (exact) mass is 256 g/mol. The second-order valence-corrected chi connectivity index (χ2v) is 5.44. The Labute approximate surface area is 109 Å². The van der Waals surface area contributed by atoms with Gasteiger partial charge in [-0.15, -0.1) is 0 Å². The molecule has 0 saturated carbocycles. The van der Waals surface area contributed by atoms with Crippen LogP contribution in [0.25, 0.3) is 0 Å². The van der Waals surface area contributed by atoms with Gasteiger partial charge in [0.05, 0.1) is 32.0 Å². The van der Waals surface area contributed by atoms with E-state index in [0.29, 0.717) is 32.3 Å². The highest BCUT2D eigenvalue weighted by molar-refractivity contribution is 5.78. The van der Waals surface area contributed by atoms with Crippen molar-refractivity contribution in [1.29, 1.82) is 0 Å². The molecule has 0 bridgehead atoms. The van der Waals surface area contributed by atoms with E-state index in [1.165, 1.54) is 0 Å². The molecular formula is C13H24N2O3. The maximum absolute atomic E-state index is 12.3. The lowest BCUT2D eigenvalue weighted by molar-refractivity contribution is -0.142. The highest BCUT2D eigenvalue weighted by atomic mass is 16.5. The molecule has 18 heavy (non-hydrogen) atoms. The fourth-order valence-electron chi connectivity index (χ4n) is 2.51. The number of morpholine rings is 2. The van der Waals surface area contributed by atoms with E-state index in [0.717, 1.165) is 13.1 Å². The van der Waals surface area contributed by atoms with Gasteiger partial charge in [-0.1, -0.05) is 0 Å². The number of amides is 1. The van der Waals surface area contributed by atoms with Crippen LogP contribution in [0, 0.1) is 0 Å². The van der Waals surface area contributed by atoms with Crippen LogP contribution in [0.2, 0.25) is 0 Å². The van der Waals surface area contributed by atoms with Crippen molar-refractivity contribution in [2.45, 2.75) is 39.0 Å². The fourth-order valence-corrected chi connectivity index (χ4v) is 2.51. The van der Waals surface area contributed by atoms with Gasteiger partial charge in [0.1, 0.15) is 0 Å². The summed E-state index contributed by atoms with van der Waals surface area (Å²) < 4.78 is 11.0. The summed E-state index contributed by atoms with van der Waals surface area (Å²) in [5.41, 5.74) is 0. The number of hydrogen-bond donors (Lipinski definition) is 0. The Balaban J connectivity index is 1.85.